The van der Waals surface area contributed by atoms with Crippen LogP contribution < -0.4 is 0 Å². The molecule has 0 fully saturated rings. The molecule has 0 aliphatic carbocycles. The maximum Gasteiger partial charge on any atom is 0.104 e. The van der Waals surface area contributed by atoms with Crippen molar-refractivity contribution in [1.29, 1.82) is 4.78 Å². The van der Waals surface area contributed by atoms with Gasteiger partial charge in [-0.15, -0.1) is 6.58 Å². The van der Waals surface area contributed by atoms with Crippen LogP contribution >= 0.6 is 0 Å². The molecular weight excluding hydrogens is 160 g/mol. The zero-order chi connectivity index (χ0) is 8.91. The molecule has 0 aromatic carbocycles. The van der Waals surface area contributed by atoms with Gasteiger partial charge in [0.25, 0.3) is 0 Å². The highest BCUT2D eigenvalue weighted by Crippen LogP contribution is 1.98. The highest BCUT2D eigenvalue weighted by atomic mass is 32.2. The Bertz CT molecular complexity index is 208. The molecule has 0 saturated carbocycles. The Morgan fingerprint density at radius 2 is 2.27 bits per heavy atom. The van der Waals surface area contributed by atoms with E-state index in [1.807, 2.05) is 6.08 Å². The van der Waals surface area contributed by atoms with E-state index in [9.17, 15) is 4.21 Å². The van der Waals surface area contributed by atoms with Gasteiger partial charge < -0.3 is 0 Å². The third kappa shape index (κ3) is 4.98. The molecule has 0 bridgehead atoms. The second-order valence-electron chi connectivity index (χ2n) is 2.58. The van der Waals surface area contributed by atoms with Crippen LogP contribution in [0.2, 0.25) is 0 Å². The smallest absolute Gasteiger partial charge is 0.104 e. The van der Waals surface area contributed by atoms with Crippen LogP contribution in [0.4, 0.5) is 0 Å². The fraction of sp³-hybridized carbons (Fsp3) is 0.714. The highest BCUT2D eigenvalue weighted by Gasteiger charge is 2.04. The molecule has 0 heterocycles. The number of nitrogens with zero attached hydrogens (tertiary/aromatic N) is 1. The first-order chi connectivity index (χ1) is 4.98. The van der Waals surface area contributed by atoms with E-state index in [0.717, 1.165) is 12.8 Å². The summed E-state index contributed by atoms with van der Waals surface area (Å²) in [5, 5.41) is 0. The molecule has 0 aromatic rings. The van der Waals surface area contributed by atoms with Crippen molar-refractivity contribution in [2.75, 3.05) is 19.8 Å². The maximum atomic E-state index is 11.0. The monoisotopic (exact) mass is 176 g/mol. The van der Waals surface area contributed by atoms with Gasteiger partial charge >= 0.3 is 0 Å². The van der Waals surface area contributed by atoms with Crippen molar-refractivity contribution >= 4 is 9.92 Å². The number of hydrogen-bond acceptors (Lipinski definition) is 2. The van der Waals surface area contributed by atoms with E-state index >= 15 is 0 Å². The zero-order valence-corrected chi connectivity index (χ0v) is 7.99. The SMILES string of the molecule is C=CCCCN(C)S(C)(=N)=O. The first kappa shape index (κ1) is 10.7. The van der Waals surface area contributed by atoms with Crippen molar-refractivity contribution in [3.8, 4) is 0 Å². The molecule has 1 atom stereocenters. The summed E-state index contributed by atoms with van der Waals surface area (Å²) < 4.78 is 19.8. The van der Waals surface area contributed by atoms with Crippen molar-refractivity contribution in [2.24, 2.45) is 0 Å². The average Bonchev–Trinajstić information content (AvgIpc) is 1.86. The Morgan fingerprint density at radius 1 is 1.73 bits per heavy atom. The molecule has 0 rings (SSSR count). The van der Waals surface area contributed by atoms with Crippen LogP contribution in [-0.2, 0) is 9.92 Å². The van der Waals surface area contributed by atoms with Crippen LogP contribution in [0.1, 0.15) is 12.8 Å². The van der Waals surface area contributed by atoms with Crippen LogP contribution in [0, 0.1) is 4.78 Å². The second-order valence-corrected chi connectivity index (χ2v) is 4.81. The quantitative estimate of drug-likeness (QED) is 0.500. The standard InChI is InChI=1S/C7H16N2OS/c1-4-5-6-7-9(2)11(3,8)10/h4,8H,1,5-7H2,2-3H3. The molecule has 0 aliphatic rings. The molecule has 0 aromatic heterocycles. The van der Waals surface area contributed by atoms with Gasteiger partial charge in [-0.05, 0) is 12.8 Å². The molecule has 11 heavy (non-hydrogen) atoms. The maximum absolute atomic E-state index is 11.0. The largest absolute Gasteiger partial charge is 0.240 e. The second kappa shape index (κ2) is 4.51. The number of allylic oxidation sites excluding steroid dienone is 1. The molecule has 0 aliphatic heterocycles. The predicted octanol–water partition coefficient (Wildman–Crippen LogP) is 1.48. The van der Waals surface area contributed by atoms with Gasteiger partial charge in [0.2, 0.25) is 0 Å². The fourth-order valence-corrected chi connectivity index (χ4v) is 1.11. The van der Waals surface area contributed by atoms with Crippen molar-refractivity contribution in [1.82, 2.24) is 4.31 Å². The number of nitrogens with one attached hydrogen (secondary N) is 1. The molecule has 0 saturated heterocycles. The van der Waals surface area contributed by atoms with E-state index in [1.165, 1.54) is 6.26 Å². The molecule has 0 amide bonds. The van der Waals surface area contributed by atoms with Crippen LogP contribution in [0.25, 0.3) is 0 Å². The predicted molar refractivity (Wildman–Crippen MR) is 48.8 cm³/mol. The molecule has 1 unspecified atom stereocenters. The van der Waals surface area contributed by atoms with Gasteiger partial charge in [-0.3, -0.25) is 0 Å². The van der Waals surface area contributed by atoms with Crippen LogP contribution in [-0.4, -0.2) is 28.4 Å². The van der Waals surface area contributed by atoms with Gasteiger partial charge in [-0.2, -0.15) is 0 Å². The van der Waals surface area contributed by atoms with Gasteiger partial charge in [-0.1, -0.05) is 6.08 Å². The van der Waals surface area contributed by atoms with Crippen LogP contribution in [0.5, 0.6) is 0 Å². The molecule has 0 radical (unpaired) electrons. The summed E-state index contributed by atoms with van der Waals surface area (Å²) in [6, 6.07) is 0. The lowest BCUT2D eigenvalue weighted by molar-refractivity contribution is 0.504. The summed E-state index contributed by atoms with van der Waals surface area (Å²) in [5.74, 6) is 0. The molecule has 1 N–H and O–H groups in total. The van der Waals surface area contributed by atoms with Crippen LogP contribution in [0.15, 0.2) is 12.7 Å². The minimum atomic E-state index is -2.48. The summed E-state index contributed by atoms with van der Waals surface area (Å²) in [6.07, 6.45) is 5.10. The van der Waals surface area contributed by atoms with Gasteiger partial charge in [0.05, 0.1) is 0 Å². The zero-order valence-electron chi connectivity index (χ0n) is 7.17. The van der Waals surface area contributed by atoms with Gasteiger partial charge in [0.1, 0.15) is 9.92 Å². The van der Waals surface area contributed by atoms with E-state index in [0.29, 0.717) is 6.54 Å². The van der Waals surface area contributed by atoms with Crippen molar-refractivity contribution in [3.05, 3.63) is 12.7 Å². The molecule has 66 valence electrons. The third-order valence-corrected chi connectivity index (χ3v) is 2.85. The third-order valence-electron chi connectivity index (χ3n) is 1.48. The first-order valence-electron chi connectivity index (χ1n) is 3.54. The summed E-state index contributed by atoms with van der Waals surface area (Å²) in [6.45, 7) is 4.28. The average molecular weight is 176 g/mol. The Balaban J connectivity index is 3.70. The highest BCUT2D eigenvalue weighted by molar-refractivity contribution is 7.89. The van der Waals surface area contributed by atoms with Crippen molar-refractivity contribution in [2.45, 2.75) is 12.8 Å². The molecule has 0 spiro atoms. The van der Waals surface area contributed by atoms with E-state index in [4.69, 9.17) is 4.78 Å². The number of unbranched alkanes of at least 4 members (excludes halogenated alkanes) is 1. The number of hydrogen-bond donors (Lipinski definition) is 1. The van der Waals surface area contributed by atoms with Crippen LogP contribution in [0.3, 0.4) is 0 Å². The van der Waals surface area contributed by atoms with Gasteiger partial charge in [-0.25, -0.2) is 13.3 Å². The molecule has 3 nitrogen and oxygen atoms in total. The Kier molecular flexibility index (Phi) is 4.37. The summed E-state index contributed by atoms with van der Waals surface area (Å²) in [7, 11) is -0.777. The van der Waals surface area contributed by atoms with Crippen molar-refractivity contribution in [3.63, 3.8) is 0 Å². The summed E-state index contributed by atoms with van der Waals surface area (Å²) >= 11 is 0. The molecular formula is C7H16N2OS. The minimum Gasteiger partial charge on any atom is -0.240 e. The van der Waals surface area contributed by atoms with Crippen molar-refractivity contribution < 1.29 is 4.21 Å². The number of rotatable bonds is 5. The van der Waals surface area contributed by atoms with E-state index in [-0.39, 0.29) is 0 Å². The van der Waals surface area contributed by atoms with E-state index < -0.39 is 9.92 Å². The Labute approximate surface area is 69.2 Å². The van der Waals surface area contributed by atoms with E-state index in [1.54, 1.807) is 11.4 Å². The minimum absolute atomic E-state index is 0.699. The Morgan fingerprint density at radius 3 is 2.64 bits per heavy atom. The lowest BCUT2D eigenvalue weighted by Crippen LogP contribution is -2.25. The topological polar surface area (TPSA) is 44.2 Å². The Hall–Kier alpha value is -0.350. The van der Waals surface area contributed by atoms with E-state index in [2.05, 4.69) is 6.58 Å². The van der Waals surface area contributed by atoms with Gasteiger partial charge in [0.15, 0.2) is 0 Å². The first-order valence-corrected chi connectivity index (χ1v) is 5.46. The summed E-state index contributed by atoms with van der Waals surface area (Å²) in [5.41, 5.74) is 0. The lowest BCUT2D eigenvalue weighted by atomic mass is 10.3. The lowest BCUT2D eigenvalue weighted by Gasteiger charge is -2.15. The van der Waals surface area contributed by atoms with Gasteiger partial charge in [0, 0.05) is 19.8 Å². The normalized spacial score (nSPS) is 16.3. The molecule has 4 heteroatoms. The summed E-state index contributed by atoms with van der Waals surface area (Å²) in [4.78, 5) is 0. The fourth-order valence-electron chi connectivity index (χ4n) is 0.632.